The third-order valence-electron chi connectivity index (χ3n) is 13.2. The van der Waals surface area contributed by atoms with Crippen LogP contribution in [0.2, 0.25) is 0 Å². The fourth-order valence-electron chi connectivity index (χ4n) is 9.71. The molecule has 0 amide bonds. The minimum atomic E-state index is 0.611. The van der Waals surface area contributed by atoms with Crippen LogP contribution in [-0.4, -0.2) is 19.9 Å². The quantitative estimate of drug-likeness (QED) is 0.142. The Morgan fingerprint density at radius 1 is 0.246 bits per heavy atom. The number of aromatic nitrogens is 4. The molecule has 0 bridgehead atoms. The Bertz CT molecular complexity index is 3900. The molecule has 0 N–H and O–H groups in total. The van der Waals surface area contributed by atoms with E-state index in [2.05, 4.69) is 218 Å². The predicted molar refractivity (Wildman–Crippen MR) is 283 cm³/mol. The minimum Gasteiger partial charge on any atom is -0.456 e. The normalized spacial score (nSPS) is 11.5. The van der Waals surface area contributed by atoms with Crippen LogP contribution >= 0.6 is 0 Å². The van der Waals surface area contributed by atoms with Gasteiger partial charge in [-0.1, -0.05) is 224 Å². The number of rotatable bonds is 8. The molecule has 5 nitrogen and oxygen atoms in total. The fourth-order valence-corrected chi connectivity index (χ4v) is 9.71. The molecule has 10 aromatic carbocycles. The summed E-state index contributed by atoms with van der Waals surface area (Å²) in [6.45, 7) is 0. The molecule has 0 atom stereocenters. The topological polar surface area (TPSA) is 64.7 Å². The summed E-state index contributed by atoms with van der Waals surface area (Å²) < 4.78 is 6.63. The van der Waals surface area contributed by atoms with E-state index < -0.39 is 0 Å². The van der Waals surface area contributed by atoms with Crippen molar-refractivity contribution in [3.05, 3.63) is 243 Å². The molecule has 0 radical (unpaired) electrons. The minimum absolute atomic E-state index is 0.611. The molecule has 0 unspecified atom stereocenters. The highest BCUT2D eigenvalue weighted by atomic mass is 16.3. The third kappa shape index (κ3) is 7.30. The molecule has 0 saturated heterocycles. The molecule has 0 saturated carbocycles. The van der Waals surface area contributed by atoms with Gasteiger partial charge in [0.2, 0.25) is 0 Å². The van der Waals surface area contributed by atoms with Crippen LogP contribution in [0.4, 0.5) is 0 Å². The summed E-state index contributed by atoms with van der Waals surface area (Å²) in [5.74, 6) is 1.85. The summed E-state index contributed by atoms with van der Waals surface area (Å²) in [6.07, 6.45) is 0. The molecular weight excluding hydrogens is 841 g/mol. The largest absolute Gasteiger partial charge is 0.456 e. The van der Waals surface area contributed by atoms with E-state index in [1.165, 1.54) is 0 Å². The van der Waals surface area contributed by atoms with Crippen LogP contribution in [0.1, 0.15) is 0 Å². The van der Waals surface area contributed by atoms with E-state index in [0.717, 1.165) is 116 Å². The maximum atomic E-state index is 6.63. The second-order valence-electron chi connectivity index (χ2n) is 17.3. The van der Waals surface area contributed by atoms with E-state index in [4.69, 9.17) is 24.4 Å². The number of benzene rings is 10. The Kier molecular flexibility index (Phi) is 9.76. The van der Waals surface area contributed by atoms with E-state index >= 15 is 0 Å². The summed E-state index contributed by atoms with van der Waals surface area (Å²) in [5.41, 5.74) is 16.4. The first-order valence-electron chi connectivity index (χ1n) is 23.2. The summed E-state index contributed by atoms with van der Waals surface area (Å²) in [4.78, 5) is 20.5. The highest BCUT2D eigenvalue weighted by Gasteiger charge is 2.22. The number of para-hydroxylation sites is 2. The standard InChI is InChI=1S/C64H40N4O/c1-4-14-41(15-5-1)43-26-34-49(35-27-43)62-66-63(50-36-28-44(29-37-50)42-16-6-2-7-17-42)68-64(67-62)51-38-30-46(31-39-51)45-24-32-47(33-25-45)58-59-52-20-10-12-22-55(52)65-61(48-18-8-3-9-19-48)54(59)40-57-60(58)53-21-11-13-23-56(53)69-57/h1-40H. The molecule has 3 aromatic heterocycles. The Morgan fingerprint density at radius 3 is 1.12 bits per heavy atom. The lowest BCUT2D eigenvalue weighted by Crippen LogP contribution is -2.00. The molecule has 13 aromatic rings. The van der Waals surface area contributed by atoms with Gasteiger partial charge in [-0.15, -0.1) is 0 Å². The van der Waals surface area contributed by atoms with Gasteiger partial charge in [-0.05, 0) is 57.1 Å². The Balaban J connectivity index is 0.894. The van der Waals surface area contributed by atoms with Crippen molar-refractivity contribution in [3.63, 3.8) is 0 Å². The van der Waals surface area contributed by atoms with Crippen molar-refractivity contribution in [2.75, 3.05) is 0 Å². The van der Waals surface area contributed by atoms with E-state index in [1.807, 2.05) is 24.3 Å². The van der Waals surface area contributed by atoms with Crippen LogP contribution in [0.5, 0.6) is 0 Å². The van der Waals surface area contributed by atoms with Gasteiger partial charge in [0.15, 0.2) is 17.5 Å². The fraction of sp³-hybridized carbons (Fsp3) is 0. The van der Waals surface area contributed by atoms with Crippen molar-refractivity contribution in [1.82, 2.24) is 19.9 Å². The van der Waals surface area contributed by atoms with Gasteiger partial charge in [-0.3, -0.25) is 0 Å². The van der Waals surface area contributed by atoms with Crippen molar-refractivity contribution in [3.8, 4) is 89.9 Å². The van der Waals surface area contributed by atoms with Gasteiger partial charge >= 0.3 is 0 Å². The molecular formula is C64H40N4O. The molecule has 13 rings (SSSR count). The summed E-state index contributed by atoms with van der Waals surface area (Å²) >= 11 is 0. The maximum absolute atomic E-state index is 6.63. The zero-order valence-corrected chi connectivity index (χ0v) is 37.3. The molecule has 322 valence electrons. The first-order valence-corrected chi connectivity index (χ1v) is 23.2. The lowest BCUT2D eigenvalue weighted by Gasteiger charge is -2.16. The highest BCUT2D eigenvalue weighted by molar-refractivity contribution is 6.27. The van der Waals surface area contributed by atoms with Gasteiger partial charge in [0.05, 0.1) is 11.2 Å². The third-order valence-corrected chi connectivity index (χ3v) is 13.2. The van der Waals surface area contributed by atoms with Crippen LogP contribution < -0.4 is 0 Å². The molecule has 5 heteroatoms. The molecule has 0 aliphatic rings. The number of hydrogen-bond donors (Lipinski definition) is 0. The number of furan rings is 1. The Hall–Kier alpha value is -9.32. The molecule has 0 aliphatic carbocycles. The van der Waals surface area contributed by atoms with Crippen LogP contribution in [0.25, 0.3) is 134 Å². The van der Waals surface area contributed by atoms with Crippen LogP contribution in [0.15, 0.2) is 247 Å². The maximum Gasteiger partial charge on any atom is 0.164 e. The van der Waals surface area contributed by atoms with E-state index in [9.17, 15) is 0 Å². The monoisotopic (exact) mass is 880 g/mol. The number of fused-ring (bicyclic) bond motifs is 6. The number of nitrogens with zero attached hydrogens (tertiary/aromatic N) is 4. The highest BCUT2D eigenvalue weighted by Crippen LogP contribution is 2.46. The van der Waals surface area contributed by atoms with Gasteiger partial charge in [0.25, 0.3) is 0 Å². The predicted octanol–water partition coefficient (Wildman–Crippen LogP) is 16.8. The molecule has 3 heterocycles. The summed E-state index contributed by atoms with van der Waals surface area (Å²) in [5, 5.41) is 5.50. The first kappa shape index (κ1) is 40.0. The van der Waals surface area contributed by atoms with Gasteiger partial charge in [0, 0.05) is 54.7 Å². The van der Waals surface area contributed by atoms with Crippen molar-refractivity contribution in [2.24, 2.45) is 0 Å². The van der Waals surface area contributed by atoms with Crippen LogP contribution in [-0.2, 0) is 0 Å². The van der Waals surface area contributed by atoms with Crippen LogP contribution in [0, 0.1) is 0 Å². The van der Waals surface area contributed by atoms with Gasteiger partial charge in [-0.2, -0.15) is 0 Å². The number of hydrogen-bond acceptors (Lipinski definition) is 5. The molecule has 0 spiro atoms. The number of pyridine rings is 1. The van der Waals surface area contributed by atoms with E-state index in [-0.39, 0.29) is 0 Å². The second-order valence-corrected chi connectivity index (χ2v) is 17.3. The second kappa shape index (κ2) is 16.8. The van der Waals surface area contributed by atoms with Crippen LogP contribution in [0.3, 0.4) is 0 Å². The zero-order chi connectivity index (χ0) is 45.7. The molecule has 0 fully saturated rings. The van der Waals surface area contributed by atoms with E-state index in [0.29, 0.717) is 17.5 Å². The molecule has 69 heavy (non-hydrogen) atoms. The first-order chi connectivity index (χ1) is 34.2. The Labute approximate surface area is 398 Å². The van der Waals surface area contributed by atoms with Crippen molar-refractivity contribution >= 4 is 43.6 Å². The smallest absolute Gasteiger partial charge is 0.164 e. The summed E-state index contributed by atoms with van der Waals surface area (Å²) in [6, 6.07) is 84.6. The average molecular weight is 881 g/mol. The van der Waals surface area contributed by atoms with Crippen molar-refractivity contribution in [2.45, 2.75) is 0 Å². The van der Waals surface area contributed by atoms with Gasteiger partial charge in [-0.25, -0.2) is 19.9 Å². The van der Waals surface area contributed by atoms with Crippen molar-refractivity contribution < 1.29 is 4.42 Å². The lowest BCUT2D eigenvalue weighted by atomic mass is 9.89. The van der Waals surface area contributed by atoms with Gasteiger partial charge < -0.3 is 4.42 Å². The van der Waals surface area contributed by atoms with Gasteiger partial charge in [0.1, 0.15) is 11.2 Å². The molecule has 0 aliphatic heterocycles. The summed E-state index contributed by atoms with van der Waals surface area (Å²) in [7, 11) is 0. The zero-order valence-electron chi connectivity index (χ0n) is 37.3. The van der Waals surface area contributed by atoms with E-state index in [1.54, 1.807) is 0 Å². The SMILES string of the molecule is c1ccc(-c2ccc(-c3nc(-c4ccc(-c5ccccc5)cc4)nc(-c4ccc(-c5ccc(-c6c7c(cc8c(-c9ccccc9)nc9ccccc9c68)oc6ccccc67)cc5)cc4)n3)cc2)cc1. The lowest BCUT2D eigenvalue weighted by molar-refractivity contribution is 0.669. The van der Waals surface area contributed by atoms with Crippen molar-refractivity contribution in [1.29, 1.82) is 0 Å². The average Bonchev–Trinajstić information content (AvgIpc) is 3.81. The Morgan fingerprint density at radius 2 is 0.623 bits per heavy atom.